The van der Waals surface area contributed by atoms with Gasteiger partial charge in [0.15, 0.2) is 0 Å². The van der Waals surface area contributed by atoms with Crippen molar-refractivity contribution in [2.45, 2.75) is 53.4 Å². The van der Waals surface area contributed by atoms with Crippen LogP contribution in [0.2, 0.25) is 0 Å². The van der Waals surface area contributed by atoms with Crippen LogP contribution in [-0.2, 0) is 12.8 Å². The van der Waals surface area contributed by atoms with E-state index in [-0.39, 0.29) is 11.2 Å². The fourth-order valence-electron chi connectivity index (χ4n) is 3.39. The normalized spacial score (nSPS) is 11.6. The Labute approximate surface area is 145 Å². The Morgan fingerprint density at radius 1 is 1.00 bits per heavy atom. The number of rotatable bonds is 7. The van der Waals surface area contributed by atoms with Gasteiger partial charge < -0.3 is 4.74 Å². The maximum absolute atomic E-state index is 14.5. The number of aryl methyl sites for hydroxylation is 1. The van der Waals surface area contributed by atoms with Crippen LogP contribution in [0.5, 0.6) is 5.75 Å². The Kier molecular flexibility index (Phi) is 6.04. The Hall–Kier alpha value is -1.83. The molecule has 0 aliphatic rings. The van der Waals surface area contributed by atoms with E-state index in [2.05, 4.69) is 45.9 Å². The second kappa shape index (κ2) is 7.83. The van der Waals surface area contributed by atoms with E-state index < -0.39 is 0 Å². The predicted octanol–water partition coefficient (Wildman–Crippen LogP) is 6.43. The molecule has 0 saturated heterocycles. The van der Waals surface area contributed by atoms with Crippen LogP contribution < -0.4 is 4.74 Å². The molecule has 0 unspecified atom stereocenters. The summed E-state index contributed by atoms with van der Waals surface area (Å²) in [7, 11) is 1.61. The fourth-order valence-corrected chi connectivity index (χ4v) is 3.39. The third-order valence-corrected chi connectivity index (χ3v) is 4.64. The van der Waals surface area contributed by atoms with Gasteiger partial charge in [-0.25, -0.2) is 4.39 Å². The van der Waals surface area contributed by atoms with Crippen LogP contribution in [0.3, 0.4) is 0 Å². The summed E-state index contributed by atoms with van der Waals surface area (Å²) in [6, 6.07) is 11.4. The molecule has 2 aromatic carbocycles. The summed E-state index contributed by atoms with van der Waals surface area (Å²) in [6.45, 7) is 8.95. The van der Waals surface area contributed by atoms with Crippen molar-refractivity contribution in [2.24, 2.45) is 5.41 Å². The van der Waals surface area contributed by atoms with Gasteiger partial charge >= 0.3 is 0 Å². The maximum Gasteiger partial charge on any atom is 0.131 e. The number of hydrogen-bond acceptors (Lipinski definition) is 1. The Morgan fingerprint density at radius 3 is 2.38 bits per heavy atom. The van der Waals surface area contributed by atoms with Crippen molar-refractivity contribution in [1.82, 2.24) is 0 Å². The molecule has 0 heterocycles. The van der Waals surface area contributed by atoms with Crippen molar-refractivity contribution in [2.75, 3.05) is 7.11 Å². The summed E-state index contributed by atoms with van der Waals surface area (Å²) in [5, 5.41) is 0. The SMILES string of the molecule is CCCC(C)(C)Cc1cc(CC)ccc1-c1cc(OC)ccc1F. The molecule has 130 valence electrons. The first-order chi connectivity index (χ1) is 11.4. The van der Waals surface area contributed by atoms with Crippen molar-refractivity contribution in [1.29, 1.82) is 0 Å². The first-order valence-electron chi connectivity index (χ1n) is 8.86. The molecule has 0 N–H and O–H groups in total. The van der Waals surface area contributed by atoms with E-state index in [9.17, 15) is 4.39 Å². The highest BCUT2D eigenvalue weighted by Gasteiger charge is 2.21. The zero-order valence-electron chi connectivity index (χ0n) is 15.6. The molecule has 0 atom stereocenters. The molecule has 0 bridgehead atoms. The molecule has 24 heavy (non-hydrogen) atoms. The van der Waals surface area contributed by atoms with Gasteiger partial charge in [-0.3, -0.25) is 0 Å². The molecular formula is C22H29FO. The highest BCUT2D eigenvalue weighted by Crippen LogP contribution is 2.35. The minimum absolute atomic E-state index is 0.199. The maximum atomic E-state index is 14.5. The monoisotopic (exact) mass is 328 g/mol. The van der Waals surface area contributed by atoms with E-state index in [1.165, 1.54) is 17.2 Å². The van der Waals surface area contributed by atoms with Crippen molar-refractivity contribution in [3.63, 3.8) is 0 Å². The van der Waals surface area contributed by atoms with Crippen LogP contribution in [0, 0.1) is 11.2 Å². The van der Waals surface area contributed by atoms with Crippen molar-refractivity contribution >= 4 is 0 Å². The van der Waals surface area contributed by atoms with Gasteiger partial charge in [0, 0.05) is 5.56 Å². The fraction of sp³-hybridized carbons (Fsp3) is 0.455. The molecule has 0 amide bonds. The lowest BCUT2D eigenvalue weighted by Crippen LogP contribution is -2.15. The van der Waals surface area contributed by atoms with Crippen LogP contribution in [0.1, 0.15) is 51.7 Å². The molecule has 0 spiro atoms. The molecule has 1 nitrogen and oxygen atoms in total. The van der Waals surface area contributed by atoms with Gasteiger partial charge in [0.2, 0.25) is 0 Å². The highest BCUT2D eigenvalue weighted by atomic mass is 19.1. The van der Waals surface area contributed by atoms with Gasteiger partial charge in [-0.15, -0.1) is 0 Å². The lowest BCUT2D eigenvalue weighted by molar-refractivity contribution is 0.329. The van der Waals surface area contributed by atoms with E-state index in [1.807, 2.05) is 0 Å². The van der Waals surface area contributed by atoms with E-state index in [0.29, 0.717) is 11.3 Å². The Morgan fingerprint density at radius 2 is 1.75 bits per heavy atom. The first kappa shape index (κ1) is 18.5. The number of ether oxygens (including phenoxy) is 1. The second-order valence-corrected chi connectivity index (χ2v) is 7.28. The largest absolute Gasteiger partial charge is 0.497 e. The van der Waals surface area contributed by atoms with Crippen LogP contribution in [-0.4, -0.2) is 7.11 Å². The summed E-state index contributed by atoms with van der Waals surface area (Å²) in [5.74, 6) is 0.485. The number of hydrogen-bond donors (Lipinski definition) is 0. The third-order valence-electron chi connectivity index (χ3n) is 4.64. The van der Waals surface area contributed by atoms with Gasteiger partial charge in [0.25, 0.3) is 0 Å². The summed E-state index contributed by atoms with van der Waals surface area (Å²) in [6.07, 6.45) is 4.25. The van der Waals surface area contributed by atoms with Crippen LogP contribution in [0.15, 0.2) is 36.4 Å². The standard InChI is InChI=1S/C22H29FO/c1-6-12-22(3,4)15-17-13-16(7-2)8-10-19(17)20-14-18(24-5)9-11-21(20)23/h8-11,13-14H,6-7,12,15H2,1-5H3. The lowest BCUT2D eigenvalue weighted by Gasteiger charge is -2.26. The third kappa shape index (κ3) is 4.37. The topological polar surface area (TPSA) is 9.23 Å². The average molecular weight is 328 g/mol. The minimum atomic E-state index is -0.199. The molecular weight excluding hydrogens is 299 g/mol. The van der Waals surface area contributed by atoms with E-state index in [0.717, 1.165) is 31.2 Å². The molecule has 0 aliphatic heterocycles. The molecule has 0 aromatic heterocycles. The molecule has 2 heteroatoms. The zero-order chi connectivity index (χ0) is 17.7. The smallest absolute Gasteiger partial charge is 0.131 e. The van der Waals surface area contributed by atoms with E-state index in [4.69, 9.17) is 4.74 Å². The Balaban J connectivity index is 2.53. The molecule has 0 aliphatic carbocycles. The lowest BCUT2D eigenvalue weighted by atomic mass is 9.79. The van der Waals surface area contributed by atoms with Crippen molar-refractivity contribution in [3.8, 4) is 16.9 Å². The van der Waals surface area contributed by atoms with E-state index >= 15 is 0 Å². The number of halogens is 1. The van der Waals surface area contributed by atoms with Crippen molar-refractivity contribution < 1.29 is 9.13 Å². The summed E-state index contributed by atoms with van der Waals surface area (Å²) in [4.78, 5) is 0. The van der Waals surface area contributed by atoms with Gasteiger partial charge in [-0.05, 0) is 59.6 Å². The average Bonchev–Trinajstić information content (AvgIpc) is 2.55. The summed E-state index contributed by atoms with van der Waals surface area (Å²) in [5.41, 5.74) is 4.32. The Bertz CT molecular complexity index is 688. The van der Waals surface area contributed by atoms with Gasteiger partial charge in [0.05, 0.1) is 7.11 Å². The molecule has 2 aromatic rings. The van der Waals surface area contributed by atoms with Gasteiger partial charge in [0.1, 0.15) is 11.6 Å². The molecule has 2 rings (SSSR count). The van der Waals surface area contributed by atoms with E-state index in [1.54, 1.807) is 19.2 Å². The zero-order valence-corrected chi connectivity index (χ0v) is 15.6. The summed E-state index contributed by atoms with van der Waals surface area (Å²) >= 11 is 0. The van der Waals surface area contributed by atoms with Gasteiger partial charge in [-0.1, -0.05) is 52.3 Å². The van der Waals surface area contributed by atoms with Crippen LogP contribution >= 0.6 is 0 Å². The van der Waals surface area contributed by atoms with Gasteiger partial charge in [-0.2, -0.15) is 0 Å². The first-order valence-corrected chi connectivity index (χ1v) is 8.86. The minimum Gasteiger partial charge on any atom is -0.497 e. The van der Waals surface area contributed by atoms with Crippen LogP contribution in [0.25, 0.3) is 11.1 Å². The number of benzene rings is 2. The predicted molar refractivity (Wildman–Crippen MR) is 100 cm³/mol. The second-order valence-electron chi connectivity index (χ2n) is 7.28. The molecule has 0 radical (unpaired) electrons. The van der Waals surface area contributed by atoms with Crippen LogP contribution in [0.4, 0.5) is 4.39 Å². The molecule has 0 saturated carbocycles. The highest BCUT2D eigenvalue weighted by molar-refractivity contribution is 5.70. The van der Waals surface area contributed by atoms with Crippen molar-refractivity contribution in [3.05, 3.63) is 53.3 Å². The summed E-state index contributed by atoms with van der Waals surface area (Å²) < 4.78 is 19.8. The molecule has 0 fully saturated rings. The quantitative estimate of drug-likeness (QED) is 0.569. The number of methoxy groups -OCH3 is 1.